The zero-order valence-electron chi connectivity index (χ0n) is 15.5. The molecule has 0 amide bonds. The first-order valence-electron chi connectivity index (χ1n) is 8.96. The van der Waals surface area contributed by atoms with Crippen LogP contribution in [0.3, 0.4) is 0 Å². The van der Waals surface area contributed by atoms with Gasteiger partial charge in [0, 0.05) is 54.9 Å². The highest BCUT2D eigenvalue weighted by Crippen LogP contribution is 2.35. The van der Waals surface area contributed by atoms with Gasteiger partial charge in [-0.3, -0.25) is 10.1 Å². The molecule has 0 spiro atoms. The van der Waals surface area contributed by atoms with E-state index >= 15 is 0 Å². The van der Waals surface area contributed by atoms with Gasteiger partial charge in [0.25, 0.3) is 5.69 Å². The van der Waals surface area contributed by atoms with Crippen molar-refractivity contribution in [2.24, 2.45) is 0 Å². The summed E-state index contributed by atoms with van der Waals surface area (Å²) in [5.41, 5.74) is 3.17. The third kappa shape index (κ3) is 4.04. The number of nitro groups is 1. The first-order chi connectivity index (χ1) is 12.5. The standard InChI is InChI=1S/C19H25N3O3S/c1-13(2)17-12-26-19(20-17)14-5-4-8-21(10-14)18-7-6-16(22(23)24)9-15(18)11-25-3/h6-7,9,12-14H,4-5,8,10-11H2,1-3H3. The van der Waals surface area contributed by atoms with Gasteiger partial charge in [-0.2, -0.15) is 0 Å². The van der Waals surface area contributed by atoms with Crippen LogP contribution in [-0.2, 0) is 11.3 Å². The Morgan fingerprint density at radius 2 is 2.27 bits per heavy atom. The molecule has 7 heteroatoms. The van der Waals surface area contributed by atoms with E-state index in [1.807, 2.05) is 6.07 Å². The van der Waals surface area contributed by atoms with Crippen molar-refractivity contribution < 1.29 is 9.66 Å². The van der Waals surface area contributed by atoms with Crippen LogP contribution < -0.4 is 4.90 Å². The fourth-order valence-electron chi connectivity index (χ4n) is 3.42. The van der Waals surface area contributed by atoms with E-state index in [1.165, 1.54) is 5.01 Å². The number of aromatic nitrogens is 1. The molecule has 2 heterocycles. The molecule has 6 nitrogen and oxygen atoms in total. The van der Waals surface area contributed by atoms with Crippen molar-refractivity contribution in [3.05, 3.63) is 50.0 Å². The normalized spacial score (nSPS) is 17.7. The Morgan fingerprint density at radius 3 is 2.92 bits per heavy atom. The SMILES string of the molecule is COCc1cc([N+](=O)[O-])ccc1N1CCCC(c2nc(C(C)C)cs2)C1. The summed E-state index contributed by atoms with van der Waals surface area (Å²) in [6.07, 6.45) is 2.22. The molecule has 0 radical (unpaired) electrons. The second kappa shape index (κ2) is 8.14. The van der Waals surface area contributed by atoms with Gasteiger partial charge >= 0.3 is 0 Å². The minimum absolute atomic E-state index is 0.107. The van der Waals surface area contributed by atoms with Gasteiger partial charge < -0.3 is 9.64 Å². The van der Waals surface area contributed by atoms with E-state index < -0.39 is 0 Å². The molecule has 1 aromatic carbocycles. The van der Waals surface area contributed by atoms with Gasteiger partial charge in [0.15, 0.2) is 0 Å². The van der Waals surface area contributed by atoms with E-state index in [1.54, 1.807) is 30.6 Å². The number of benzene rings is 1. The minimum atomic E-state index is -0.356. The van der Waals surface area contributed by atoms with Gasteiger partial charge in [0.1, 0.15) is 0 Å². The number of non-ortho nitro benzene ring substituents is 1. The van der Waals surface area contributed by atoms with E-state index in [-0.39, 0.29) is 10.6 Å². The van der Waals surface area contributed by atoms with Crippen LogP contribution in [0.5, 0.6) is 0 Å². The molecule has 1 aliphatic heterocycles. The van der Waals surface area contributed by atoms with E-state index in [2.05, 4.69) is 24.1 Å². The maximum atomic E-state index is 11.1. The molecule has 140 valence electrons. The molecule has 3 rings (SSSR count). The lowest BCUT2D eigenvalue weighted by molar-refractivity contribution is -0.384. The van der Waals surface area contributed by atoms with Crippen LogP contribution >= 0.6 is 11.3 Å². The van der Waals surface area contributed by atoms with Gasteiger partial charge in [-0.15, -0.1) is 11.3 Å². The van der Waals surface area contributed by atoms with Crippen LogP contribution in [0.1, 0.15) is 54.8 Å². The summed E-state index contributed by atoms with van der Waals surface area (Å²) in [6, 6.07) is 5.07. The predicted octanol–water partition coefficient (Wildman–Crippen LogP) is 4.71. The molecule has 0 saturated carbocycles. The lowest BCUT2D eigenvalue weighted by atomic mass is 9.97. The van der Waals surface area contributed by atoms with Gasteiger partial charge in [-0.05, 0) is 24.8 Å². The van der Waals surface area contributed by atoms with Crippen molar-refractivity contribution in [1.82, 2.24) is 4.98 Å². The second-order valence-corrected chi connectivity index (χ2v) is 7.94. The molecule has 0 bridgehead atoms. The van der Waals surface area contributed by atoms with Crippen molar-refractivity contribution in [1.29, 1.82) is 0 Å². The number of piperidine rings is 1. The van der Waals surface area contributed by atoms with Gasteiger partial charge in [-0.1, -0.05) is 13.8 Å². The number of rotatable bonds is 6. The molecule has 1 aromatic heterocycles. The largest absolute Gasteiger partial charge is 0.380 e. The lowest BCUT2D eigenvalue weighted by Gasteiger charge is -2.34. The number of thiazole rings is 1. The maximum absolute atomic E-state index is 11.1. The molecule has 1 fully saturated rings. The summed E-state index contributed by atoms with van der Waals surface area (Å²) >= 11 is 1.75. The average Bonchev–Trinajstić information content (AvgIpc) is 3.12. The van der Waals surface area contributed by atoms with Crippen LogP contribution in [0, 0.1) is 10.1 Å². The molecule has 0 aliphatic carbocycles. The summed E-state index contributed by atoms with van der Waals surface area (Å²) in [6.45, 7) is 6.54. The Bertz CT molecular complexity index is 775. The Hall–Kier alpha value is -1.99. The van der Waals surface area contributed by atoms with Crippen molar-refractivity contribution in [2.45, 2.75) is 45.1 Å². The highest BCUT2D eigenvalue weighted by Gasteiger charge is 2.26. The van der Waals surface area contributed by atoms with Gasteiger partial charge in [-0.25, -0.2) is 4.98 Å². The van der Waals surface area contributed by atoms with Crippen molar-refractivity contribution >= 4 is 22.7 Å². The van der Waals surface area contributed by atoms with E-state index in [4.69, 9.17) is 9.72 Å². The first-order valence-corrected chi connectivity index (χ1v) is 9.84. The Morgan fingerprint density at radius 1 is 1.46 bits per heavy atom. The molecule has 1 saturated heterocycles. The van der Waals surface area contributed by atoms with Crippen molar-refractivity contribution in [3.8, 4) is 0 Å². The quantitative estimate of drug-likeness (QED) is 0.540. The van der Waals surface area contributed by atoms with Crippen LogP contribution in [0.25, 0.3) is 0 Å². The third-order valence-electron chi connectivity index (χ3n) is 4.82. The topological polar surface area (TPSA) is 68.5 Å². The summed E-state index contributed by atoms with van der Waals surface area (Å²) in [5.74, 6) is 0.856. The smallest absolute Gasteiger partial charge is 0.269 e. The Labute approximate surface area is 158 Å². The van der Waals surface area contributed by atoms with Crippen LogP contribution in [0.4, 0.5) is 11.4 Å². The summed E-state index contributed by atoms with van der Waals surface area (Å²) in [5, 5.41) is 14.5. The minimum Gasteiger partial charge on any atom is -0.380 e. The fourth-order valence-corrected chi connectivity index (χ4v) is 4.53. The summed E-state index contributed by atoms with van der Waals surface area (Å²) < 4.78 is 5.28. The van der Waals surface area contributed by atoms with Crippen LogP contribution in [-0.4, -0.2) is 30.1 Å². The summed E-state index contributed by atoms with van der Waals surface area (Å²) in [4.78, 5) is 17.9. The number of anilines is 1. The zero-order chi connectivity index (χ0) is 18.7. The maximum Gasteiger partial charge on any atom is 0.269 e. The lowest BCUT2D eigenvalue weighted by Crippen LogP contribution is -2.35. The molecule has 1 unspecified atom stereocenters. The molecule has 0 N–H and O–H groups in total. The first kappa shape index (κ1) is 18.8. The van der Waals surface area contributed by atoms with Crippen LogP contribution in [0.2, 0.25) is 0 Å². The Kier molecular flexibility index (Phi) is 5.88. The van der Waals surface area contributed by atoms with E-state index in [0.29, 0.717) is 18.4 Å². The molecule has 26 heavy (non-hydrogen) atoms. The molecular weight excluding hydrogens is 350 g/mol. The Balaban J connectivity index is 1.83. The predicted molar refractivity (Wildman–Crippen MR) is 104 cm³/mol. The van der Waals surface area contributed by atoms with Crippen molar-refractivity contribution in [3.63, 3.8) is 0 Å². The van der Waals surface area contributed by atoms with E-state index in [9.17, 15) is 10.1 Å². The van der Waals surface area contributed by atoms with E-state index in [0.717, 1.165) is 42.9 Å². The van der Waals surface area contributed by atoms with Gasteiger partial charge in [0.2, 0.25) is 0 Å². The average molecular weight is 375 g/mol. The number of nitrogens with zero attached hydrogens (tertiary/aromatic N) is 3. The molecule has 1 aliphatic rings. The molecule has 2 aromatic rings. The zero-order valence-corrected chi connectivity index (χ0v) is 16.3. The van der Waals surface area contributed by atoms with Gasteiger partial charge in [0.05, 0.1) is 22.2 Å². The molecule has 1 atom stereocenters. The highest BCUT2D eigenvalue weighted by atomic mass is 32.1. The molecular formula is C19H25N3O3S. The third-order valence-corrected chi connectivity index (χ3v) is 5.84. The number of hydrogen-bond acceptors (Lipinski definition) is 6. The fraction of sp³-hybridized carbons (Fsp3) is 0.526. The summed E-state index contributed by atoms with van der Waals surface area (Å²) in [7, 11) is 1.62. The monoisotopic (exact) mass is 375 g/mol. The number of hydrogen-bond donors (Lipinski definition) is 0. The highest BCUT2D eigenvalue weighted by molar-refractivity contribution is 7.09. The van der Waals surface area contributed by atoms with Crippen molar-refractivity contribution in [2.75, 3.05) is 25.1 Å². The van der Waals surface area contributed by atoms with Crippen LogP contribution in [0.15, 0.2) is 23.6 Å². The number of methoxy groups -OCH3 is 1. The number of nitro benzene ring substituents is 1. The second-order valence-electron chi connectivity index (χ2n) is 7.05. The number of ether oxygens (including phenoxy) is 1.